The molecule has 0 aliphatic carbocycles. The van der Waals surface area contributed by atoms with Gasteiger partial charge in [0.15, 0.2) is 0 Å². The average molecular weight is 325 g/mol. The fraction of sp³-hybridized carbons (Fsp3) is 0.455. The molecule has 1 rings (SSSR count). The number of hydrogen-bond acceptors (Lipinski definition) is 2. The second-order valence-electron chi connectivity index (χ2n) is 3.28. The van der Waals surface area contributed by atoms with Crippen LogP contribution in [0.1, 0.15) is 13.8 Å². The molecule has 0 fully saturated rings. The molecule has 0 heterocycles. The van der Waals surface area contributed by atoms with Crippen molar-refractivity contribution in [3.8, 4) is 11.5 Å². The van der Waals surface area contributed by atoms with E-state index in [1.54, 1.807) is 19.2 Å². The van der Waals surface area contributed by atoms with Gasteiger partial charge in [-0.05, 0) is 5.92 Å². The average Bonchev–Trinajstić information content (AvgIpc) is 2.29. The van der Waals surface area contributed by atoms with Crippen LogP contribution in [0.4, 0.5) is 0 Å². The number of benzene rings is 1. The number of halogens is 1. The van der Waals surface area contributed by atoms with Gasteiger partial charge in [-0.25, -0.2) is 0 Å². The molecule has 15 heavy (non-hydrogen) atoms. The molecule has 0 amide bonds. The van der Waals surface area contributed by atoms with Crippen LogP contribution in [-0.2, 0) is 16.3 Å². The van der Waals surface area contributed by atoms with Crippen LogP contribution in [0, 0.1) is 12.0 Å². The van der Waals surface area contributed by atoms with E-state index in [4.69, 9.17) is 9.47 Å². The molecule has 1 aromatic carbocycles. The van der Waals surface area contributed by atoms with Crippen LogP contribution in [0.15, 0.2) is 18.2 Å². The summed E-state index contributed by atoms with van der Waals surface area (Å²) in [5, 5.41) is 0. The molecule has 0 saturated carbocycles. The Hall–Kier alpha value is -0.0766. The van der Waals surface area contributed by atoms with Crippen LogP contribution in [0.2, 0.25) is 0 Å². The number of ether oxygens (including phenoxy) is 2. The Labute approximate surface area is 108 Å². The summed E-state index contributed by atoms with van der Waals surface area (Å²) in [7, 11) is 1.64. The molecular weight excluding hydrogens is 309 g/mol. The van der Waals surface area contributed by atoms with Crippen LogP contribution in [0.25, 0.3) is 0 Å². The summed E-state index contributed by atoms with van der Waals surface area (Å²) in [5.74, 6) is 2.04. The van der Waals surface area contributed by atoms with Gasteiger partial charge in [-0.2, -0.15) is 12.1 Å². The van der Waals surface area contributed by atoms with Crippen LogP contribution >= 0.6 is 13.6 Å². The zero-order chi connectivity index (χ0) is 11.7. The summed E-state index contributed by atoms with van der Waals surface area (Å²) >= 11 is 4.25. The van der Waals surface area contributed by atoms with Gasteiger partial charge in [-0.1, -0.05) is 13.8 Å². The fourth-order valence-electron chi connectivity index (χ4n) is 0.939. The van der Waals surface area contributed by atoms with Gasteiger partial charge in [0.25, 0.3) is 0 Å². The predicted molar refractivity (Wildman–Crippen MR) is 61.1 cm³/mol. The molecule has 0 saturated heterocycles. The molecule has 80 valence electrons. The summed E-state index contributed by atoms with van der Waals surface area (Å²) in [5.41, 5.74) is 0. The molecule has 0 aliphatic rings. The predicted octanol–water partition coefficient (Wildman–Crippen LogP) is 3.37. The summed E-state index contributed by atoms with van der Waals surface area (Å²) in [6.45, 7) is 4.92. The molecule has 4 heteroatoms. The summed E-state index contributed by atoms with van der Waals surface area (Å²) in [6.07, 6.45) is 0. The minimum absolute atomic E-state index is 0.518. The van der Waals surface area contributed by atoms with E-state index in [9.17, 15) is 0 Å². The van der Waals surface area contributed by atoms with E-state index in [-0.39, 0.29) is 0 Å². The second-order valence-corrected chi connectivity index (χ2v) is 3.28. The molecule has 0 unspecified atom stereocenters. The molecule has 0 bridgehead atoms. The third kappa shape index (κ3) is 6.16. The minimum atomic E-state index is 0.518. The van der Waals surface area contributed by atoms with Gasteiger partial charge in [0.2, 0.25) is 0 Å². The molecule has 0 spiro atoms. The first-order valence-corrected chi connectivity index (χ1v) is 11.6. The Morgan fingerprint density at radius 2 is 2.07 bits per heavy atom. The molecule has 0 N–H and O–H groups in total. The Morgan fingerprint density at radius 1 is 1.40 bits per heavy atom. The molecular formula is C11H15BrO2Zn. The fourth-order valence-corrected chi connectivity index (χ4v) is 0.939. The Morgan fingerprint density at radius 3 is 2.60 bits per heavy atom. The Kier molecular flexibility index (Phi) is 9.12. The first-order chi connectivity index (χ1) is 7.24. The van der Waals surface area contributed by atoms with Crippen molar-refractivity contribution in [1.82, 2.24) is 0 Å². The topological polar surface area (TPSA) is 18.5 Å². The first kappa shape index (κ1) is 14.9. The molecule has 0 aliphatic heterocycles. The van der Waals surface area contributed by atoms with Gasteiger partial charge in [0.05, 0.1) is 19.5 Å². The van der Waals surface area contributed by atoms with E-state index in [0.29, 0.717) is 12.5 Å². The summed E-state index contributed by atoms with van der Waals surface area (Å²) in [4.78, 5) is 0. The van der Waals surface area contributed by atoms with Crippen LogP contribution in [0.5, 0.6) is 11.5 Å². The Bertz CT molecular complexity index is 267. The first-order valence-electron chi connectivity index (χ1n) is 4.67. The van der Waals surface area contributed by atoms with Crippen LogP contribution < -0.4 is 9.47 Å². The van der Waals surface area contributed by atoms with Gasteiger partial charge in [-0.15, -0.1) is 12.1 Å². The second kappa shape index (κ2) is 9.17. The number of rotatable bonds is 4. The van der Waals surface area contributed by atoms with Crippen molar-refractivity contribution in [2.45, 2.75) is 13.8 Å². The van der Waals surface area contributed by atoms with Crippen molar-refractivity contribution in [2.75, 3.05) is 13.7 Å². The SMILES string of the molecule is COc1cc[c-]cc1OCC(C)C.[Zn+][Br]. The van der Waals surface area contributed by atoms with Crippen molar-refractivity contribution in [1.29, 1.82) is 0 Å². The molecule has 1 aromatic rings. The van der Waals surface area contributed by atoms with E-state index < -0.39 is 0 Å². The van der Waals surface area contributed by atoms with Crippen LogP contribution in [0.3, 0.4) is 0 Å². The molecule has 0 atom stereocenters. The normalized spacial score (nSPS) is 9.27. The van der Waals surface area contributed by atoms with Gasteiger partial charge >= 0.3 is 30.0 Å². The number of hydrogen-bond donors (Lipinski definition) is 0. The van der Waals surface area contributed by atoms with Gasteiger partial charge in [0.1, 0.15) is 0 Å². The zero-order valence-corrected chi connectivity index (χ0v) is 14.0. The molecule has 0 radical (unpaired) electrons. The zero-order valence-electron chi connectivity index (χ0n) is 9.42. The van der Waals surface area contributed by atoms with E-state index in [2.05, 4.69) is 33.5 Å². The quantitative estimate of drug-likeness (QED) is 0.624. The van der Waals surface area contributed by atoms with Crippen molar-refractivity contribution >= 4 is 13.6 Å². The van der Waals surface area contributed by atoms with E-state index in [1.165, 1.54) is 16.3 Å². The summed E-state index contributed by atoms with van der Waals surface area (Å²) in [6, 6.07) is 8.40. The molecule has 2 nitrogen and oxygen atoms in total. The monoisotopic (exact) mass is 322 g/mol. The van der Waals surface area contributed by atoms with E-state index in [1.807, 2.05) is 6.07 Å². The van der Waals surface area contributed by atoms with E-state index in [0.717, 1.165) is 11.5 Å². The number of methoxy groups -OCH3 is 1. The van der Waals surface area contributed by atoms with Crippen molar-refractivity contribution < 1.29 is 25.8 Å². The maximum atomic E-state index is 5.53. The third-order valence-electron chi connectivity index (χ3n) is 1.58. The van der Waals surface area contributed by atoms with Crippen molar-refractivity contribution in [2.24, 2.45) is 5.92 Å². The van der Waals surface area contributed by atoms with E-state index >= 15 is 0 Å². The van der Waals surface area contributed by atoms with Gasteiger partial charge in [-0.3, -0.25) is 0 Å². The van der Waals surface area contributed by atoms with Crippen molar-refractivity contribution in [3.05, 3.63) is 24.3 Å². The van der Waals surface area contributed by atoms with Crippen LogP contribution in [-0.4, -0.2) is 13.7 Å². The molecule has 0 aromatic heterocycles. The van der Waals surface area contributed by atoms with Crippen molar-refractivity contribution in [3.63, 3.8) is 0 Å². The summed E-state index contributed by atoms with van der Waals surface area (Å²) < 4.78 is 10.7. The maximum absolute atomic E-state index is 5.53. The van der Waals surface area contributed by atoms with Gasteiger partial charge < -0.3 is 9.47 Å². The van der Waals surface area contributed by atoms with Gasteiger partial charge in [0, 0.05) is 5.75 Å². The third-order valence-corrected chi connectivity index (χ3v) is 1.58. The standard InChI is InChI=1S/C11H15O2.BrH.Zn/c1-9(2)8-13-11-7-5-4-6-10(11)12-3;;/h4,6-7,9H,8H2,1-3H3;1H;/q-1;;+2/p-1. The Balaban J connectivity index is 0.000000921.